The third-order valence-electron chi connectivity index (χ3n) is 3.93. The molecule has 1 aliphatic heterocycles. The summed E-state index contributed by atoms with van der Waals surface area (Å²) in [5.41, 5.74) is 5.97. The molecule has 0 radical (unpaired) electrons. The lowest BCUT2D eigenvalue weighted by atomic mass is 10.1. The number of nitrogens with two attached hydrogens (primary N) is 1. The van der Waals surface area contributed by atoms with Gasteiger partial charge in [0, 0.05) is 30.7 Å². The van der Waals surface area contributed by atoms with Gasteiger partial charge in [0.15, 0.2) is 0 Å². The van der Waals surface area contributed by atoms with Crippen molar-refractivity contribution in [3.05, 3.63) is 30.5 Å². The van der Waals surface area contributed by atoms with Crippen LogP contribution >= 0.6 is 0 Å². The minimum atomic E-state index is 0.0165. The Morgan fingerprint density at radius 3 is 3.05 bits per heavy atom. The van der Waals surface area contributed by atoms with Crippen LogP contribution in [0.15, 0.2) is 30.5 Å². The van der Waals surface area contributed by atoms with Crippen molar-refractivity contribution in [2.75, 3.05) is 31.7 Å². The minimum absolute atomic E-state index is 0.0165. The number of rotatable bonds is 3. The monoisotopic (exact) mass is 287 g/mol. The molecule has 2 aromatic rings. The van der Waals surface area contributed by atoms with Gasteiger partial charge < -0.3 is 20.1 Å². The smallest absolute Gasteiger partial charge is 0.136 e. The van der Waals surface area contributed by atoms with Crippen molar-refractivity contribution < 1.29 is 9.47 Å². The summed E-state index contributed by atoms with van der Waals surface area (Å²) < 4.78 is 11.0. The van der Waals surface area contributed by atoms with E-state index in [1.165, 1.54) is 0 Å². The Balaban J connectivity index is 1.96. The molecule has 21 heavy (non-hydrogen) atoms. The van der Waals surface area contributed by atoms with Crippen LogP contribution in [0.25, 0.3) is 10.8 Å². The fraction of sp³-hybridized carbons (Fsp3) is 0.438. The summed E-state index contributed by atoms with van der Waals surface area (Å²) in [7, 11) is 1.68. The van der Waals surface area contributed by atoms with Crippen molar-refractivity contribution in [1.29, 1.82) is 0 Å². The Labute approximate surface area is 124 Å². The number of fused-ring (bicyclic) bond motifs is 1. The average Bonchev–Trinajstić information content (AvgIpc) is 2.53. The van der Waals surface area contributed by atoms with Crippen LogP contribution in [0.5, 0.6) is 5.75 Å². The average molecular weight is 287 g/mol. The summed E-state index contributed by atoms with van der Waals surface area (Å²) in [6.07, 6.45) is 1.89. The van der Waals surface area contributed by atoms with Gasteiger partial charge in [-0.1, -0.05) is 0 Å². The van der Waals surface area contributed by atoms with Crippen molar-refractivity contribution in [3.8, 4) is 5.75 Å². The maximum Gasteiger partial charge on any atom is 0.136 e. The van der Waals surface area contributed by atoms with Crippen LogP contribution in [-0.4, -0.2) is 43.9 Å². The zero-order chi connectivity index (χ0) is 14.8. The highest BCUT2D eigenvalue weighted by Crippen LogP contribution is 2.28. The normalized spacial score (nSPS) is 20.5. The van der Waals surface area contributed by atoms with Crippen molar-refractivity contribution in [1.82, 2.24) is 4.98 Å². The molecule has 2 N–H and O–H groups in total. The van der Waals surface area contributed by atoms with Gasteiger partial charge in [0.1, 0.15) is 11.6 Å². The van der Waals surface area contributed by atoms with Gasteiger partial charge in [-0.2, -0.15) is 0 Å². The lowest BCUT2D eigenvalue weighted by Gasteiger charge is -2.35. The Bertz CT molecular complexity index is 630. The molecule has 5 heteroatoms. The van der Waals surface area contributed by atoms with Crippen LogP contribution in [0.4, 0.5) is 5.82 Å². The number of pyridine rings is 1. The highest BCUT2D eigenvalue weighted by atomic mass is 16.5. The van der Waals surface area contributed by atoms with Crippen molar-refractivity contribution in [3.63, 3.8) is 0 Å². The van der Waals surface area contributed by atoms with Crippen LogP contribution < -0.4 is 15.4 Å². The maximum absolute atomic E-state index is 5.97. The number of aromatic nitrogens is 1. The summed E-state index contributed by atoms with van der Waals surface area (Å²) >= 11 is 0. The highest BCUT2D eigenvalue weighted by molar-refractivity contribution is 5.93. The van der Waals surface area contributed by atoms with Gasteiger partial charge in [0.05, 0.1) is 19.8 Å². The quantitative estimate of drug-likeness (QED) is 0.932. The molecule has 5 nitrogen and oxygen atoms in total. The first-order valence-electron chi connectivity index (χ1n) is 7.24. The van der Waals surface area contributed by atoms with Crippen molar-refractivity contribution >= 4 is 16.6 Å². The van der Waals surface area contributed by atoms with E-state index in [1.54, 1.807) is 7.11 Å². The fourth-order valence-corrected chi connectivity index (χ4v) is 2.70. The number of nitrogens with zero attached hydrogens (tertiary/aromatic N) is 2. The number of anilines is 1. The summed E-state index contributed by atoms with van der Waals surface area (Å²) in [5.74, 6) is 1.85. The molecule has 0 saturated carbocycles. The second-order valence-corrected chi connectivity index (χ2v) is 5.44. The summed E-state index contributed by atoms with van der Waals surface area (Å²) in [5, 5.41) is 2.26. The lowest BCUT2D eigenvalue weighted by molar-refractivity contribution is 0.0274. The molecule has 1 aliphatic rings. The van der Waals surface area contributed by atoms with E-state index in [-0.39, 0.29) is 12.1 Å². The van der Waals surface area contributed by atoms with Gasteiger partial charge in [-0.15, -0.1) is 0 Å². The fourth-order valence-electron chi connectivity index (χ4n) is 2.70. The van der Waals surface area contributed by atoms with E-state index < -0.39 is 0 Å². The molecule has 1 aromatic heterocycles. The van der Waals surface area contributed by atoms with Crippen LogP contribution in [0.1, 0.15) is 6.92 Å². The second kappa shape index (κ2) is 5.87. The molecule has 2 unspecified atom stereocenters. The molecule has 1 aromatic carbocycles. The zero-order valence-corrected chi connectivity index (χ0v) is 12.5. The first-order valence-corrected chi connectivity index (χ1v) is 7.24. The van der Waals surface area contributed by atoms with Crippen LogP contribution in [0.2, 0.25) is 0 Å². The number of ether oxygens (including phenoxy) is 2. The number of benzene rings is 1. The van der Waals surface area contributed by atoms with E-state index in [1.807, 2.05) is 31.3 Å². The predicted molar refractivity (Wildman–Crippen MR) is 83.9 cm³/mol. The highest BCUT2D eigenvalue weighted by Gasteiger charge is 2.25. The zero-order valence-electron chi connectivity index (χ0n) is 12.5. The third kappa shape index (κ3) is 2.80. The van der Waals surface area contributed by atoms with Crippen molar-refractivity contribution in [2.45, 2.75) is 19.1 Å². The molecular weight excluding hydrogens is 266 g/mol. The molecule has 0 spiro atoms. The van der Waals surface area contributed by atoms with E-state index in [4.69, 9.17) is 15.2 Å². The van der Waals surface area contributed by atoms with Gasteiger partial charge in [-0.25, -0.2) is 4.98 Å². The topological polar surface area (TPSA) is 60.6 Å². The Kier molecular flexibility index (Phi) is 3.94. The van der Waals surface area contributed by atoms with E-state index in [0.717, 1.165) is 35.4 Å². The Hall–Kier alpha value is -1.85. The van der Waals surface area contributed by atoms with Crippen molar-refractivity contribution in [2.24, 2.45) is 5.73 Å². The summed E-state index contributed by atoms with van der Waals surface area (Å²) in [6, 6.07) is 8.08. The standard InChI is InChI=1S/C16H21N3O2/c1-11(17)15-10-19(7-8-21-15)16-14-4-3-13(20-2)9-12(14)5-6-18-16/h3-6,9,11,15H,7-8,10,17H2,1-2H3. The number of methoxy groups -OCH3 is 1. The van der Waals surface area contributed by atoms with Gasteiger partial charge >= 0.3 is 0 Å². The van der Waals surface area contributed by atoms with Gasteiger partial charge in [0.25, 0.3) is 0 Å². The Morgan fingerprint density at radius 2 is 2.29 bits per heavy atom. The van der Waals surface area contributed by atoms with E-state index >= 15 is 0 Å². The molecule has 3 rings (SSSR count). The van der Waals surface area contributed by atoms with E-state index in [0.29, 0.717) is 6.61 Å². The molecule has 2 atom stereocenters. The van der Waals surface area contributed by atoms with Gasteiger partial charge in [0.2, 0.25) is 0 Å². The summed E-state index contributed by atoms with van der Waals surface area (Å²) in [4.78, 5) is 6.82. The molecule has 2 heterocycles. The number of hydrogen-bond acceptors (Lipinski definition) is 5. The number of morpholine rings is 1. The molecule has 112 valence electrons. The van der Waals surface area contributed by atoms with Crippen LogP contribution in [0.3, 0.4) is 0 Å². The predicted octanol–water partition coefficient (Wildman–Crippen LogP) is 1.80. The van der Waals surface area contributed by atoms with Crippen LogP contribution in [0, 0.1) is 0 Å². The molecule has 0 bridgehead atoms. The first-order chi connectivity index (χ1) is 10.2. The number of hydrogen-bond donors (Lipinski definition) is 1. The summed E-state index contributed by atoms with van der Waals surface area (Å²) in [6.45, 7) is 4.27. The molecule has 0 amide bonds. The maximum atomic E-state index is 5.97. The van der Waals surface area contributed by atoms with Gasteiger partial charge in [-0.05, 0) is 36.6 Å². The van der Waals surface area contributed by atoms with E-state index in [2.05, 4.69) is 16.0 Å². The Morgan fingerprint density at radius 1 is 1.43 bits per heavy atom. The SMILES string of the molecule is COc1ccc2c(N3CCOC(C(C)N)C3)nccc2c1. The van der Waals surface area contributed by atoms with Gasteiger partial charge in [-0.3, -0.25) is 0 Å². The third-order valence-corrected chi connectivity index (χ3v) is 3.93. The molecule has 1 saturated heterocycles. The molecular formula is C16H21N3O2. The largest absolute Gasteiger partial charge is 0.497 e. The van der Waals surface area contributed by atoms with Crippen LogP contribution in [-0.2, 0) is 4.74 Å². The molecule has 1 fully saturated rings. The second-order valence-electron chi connectivity index (χ2n) is 5.44. The first kappa shape index (κ1) is 14.1. The minimum Gasteiger partial charge on any atom is -0.497 e. The lowest BCUT2D eigenvalue weighted by Crippen LogP contribution is -2.49. The van der Waals surface area contributed by atoms with E-state index in [9.17, 15) is 0 Å². The molecule has 0 aliphatic carbocycles.